The van der Waals surface area contributed by atoms with Crippen molar-refractivity contribution in [1.29, 1.82) is 0 Å². The van der Waals surface area contributed by atoms with Gasteiger partial charge in [0.25, 0.3) is 0 Å². The number of rotatable bonds is 0. The zero-order valence-electron chi connectivity index (χ0n) is 13.2. The van der Waals surface area contributed by atoms with Gasteiger partial charge in [-0.25, -0.2) is 0 Å². The molecule has 0 aromatic heterocycles. The highest BCUT2D eigenvalue weighted by Crippen LogP contribution is 2.62. The molecule has 0 fully saturated rings. The van der Waals surface area contributed by atoms with E-state index in [0.717, 1.165) is 11.0 Å². The standard InChI is InChI=1S/C16H24NO2P/c1-15(2,3)14(18)17-11-20(19,16(4,5)6)13-10-8-7-9-12(13)17/h7-10H,11H2,1-6H3. The monoisotopic (exact) mass is 293 g/mol. The second-order valence-corrected chi connectivity index (χ2v) is 11.1. The van der Waals surface area contributed by atoms with Crippen LogP contribution in [0, 0.1) is 5.41 Å². The minimum absolute atomic E-state index is 0.0342. The van der Waals surface area contributed by atoms with Crippen LogP contribution in [0.15, 0.2) is 24.3 Å². The summed E-state index contributed by atoms with van der Waals surface area (Å²) in [5.41, 5.74) is 0.353. The van der Waals surface area contributed by atoms with Crippen LogP contribution in [0.2, 0.25) is 0 Å². The number of nitrogens with zero attached hydrogens (tertiary/aromatic N) is 1. The Hall–Kier alpha value is -1.08. The third-order valence-corrected chi connectivity index (χ3v) is 7.88. The van der Waals surface area contributed by atoms with Crippen molar-refractivity contribution in [2.45, 2.75) is 46.7 Å². The van der Waals surface area contributed by atoms with E-state index in [-0.39, 0.29) is 11.1 Å². The van der Waals surface area contributed by atoms with Crippen molar-refractivity contribution in [3.05, 3.63) is 24.3 Å². The van der Waals surface area contributed by atoms with Crippen LogP contribution in [0.3, 0.4) is 0 Å². The third-order valence-electron chi connectivity index (χ3n) is 3.87. The number of para-hydroxylation sites is 1. The van der Waals surface area contributed by atoms with Gasteiger partial charge in [0.05, 0.1) is 12.0 Å². The summed E-state index contributed by atoms with van der Waals surface area (Å²) in [7, 11) is -2.62. The largest absolute Gasteiger partial charge is 0.316 e. The van der Waals surface area contributed by atoms with Gasteiger partial charge in [-0.2, -0.15) is 0 Å². The van der Waals surface area contributed by atoms with Crippen LogP contribution < -0.4 is 10.2 Å². The van der Waals surface area contributed by atoms with Crippen LogP contribution in [0.25, 0.3) is 0 Å². The summed E-state index contributed by atoms with van der Waals surface area (Å²) in [6.45, 7) is 11.7. The van der Waals surface area contributed by atoms with Crippen molar-refractivity contribution in [2.75, 3.05) is 11.2 Å². The summed E-state index contributed by atoms with van der Waals surface area (Å²) in [6, 6.07) is 7.63. The van der Waals surface area contributed by atoms with Gasteiger partial charge in [-0.05, 0) is 12.1 Å². The first-order valence-corrected chi connectivity index (χ1v) is 8.88. The molecule has 0 N–H and O–H groups in total. The number of carbonyl (C=O) groups is 1. The maximum atomic E-state index is 13.5. The molecule has 0 spiro atoms. The van der Waals surface area contributed by atoms with E-state index < -0.39 is 12.6 Å². The Morgan fingerprint density at radius 1 is 1.10 bits per heavy atom. The van der Waals surface area contributed by atoms with Crippen LogP contribution in [0.1, 0.15) is 41.5 Å². The van der Waals surface area contributed by atoms with Gasteiger partial charge in [0.1, 0.15) is 7.14 Å². The van der Waals surface area contributed by atoms with E-state index in [1.165, 1.54) is 0 Å². The lowest BCUT2D eigenvalue weighted by molar-refractivity contribution is -0.125. The molecule has 0 bridgehead atoms. The average molecular weight is 293 g/mol. The molecular weight excluding hydrogens is 269 g/mol. The molecule has 1 amide bonds. The molecule has 1 aromatic rings. The van der Waals surface area contributed by atoms with Gasteiger partial charge in [0, 0.05) is 15.9 Å². The van der Waals surface area contributed by atoms with Gasteiger partial charge >= 0.3 is 0 Å². The van der Waals surface area contributed by atoms with E-state index in [4.69, 9.17) is 0 Å². The second-order valence-electron chi connectivity index (χ2n) is 7.52. The normalized spacial score (nSPS) is 22.8. The number of anilines is 1. The highest BCUT2D eigenvalue weighted by Gasteiger charge is 2.49. The summed E-state index contributed by atoms with van der Waals surface area (Å²) in [5.74, 6) is 0.0342. The molecule has 0 saturated heterocycles. The molecule has 1 atom stereocenters. The Morgan fingerprint density at radius 3 is 2.15 bits per heavy atom. The van der Waals surface area contributed by atoms with Crippen LogP contribution in [0.5, 0.6) is 0 Å². The minimum atomic E-state index is -2.62. The molecule has 1 unspecified atom stereocenters. The average Bonchev–Trinajstić information content (AvgIpc) is 2.62. The van der Waals surface area contributed by atoms with Crippen LogP contribution in [-0.4, -0.2) is 17.3 Å². The van der Waals surface area contributed by atoms with Crippen molar-refractivity contribution in [1.82, 2.24) is 0 Å². The fourth-order valence-corrected chi connectivity index (χ4v) is 5.37. The number of fused-ring (bicyclic) bond motifs is 1. The van der Waals surface area contributed by atoms with Crippen LogP contribution >= 0.6 is 7.14 Å². The van der Waals surface area contributed by atoms with Crippen molar-refractivity contribution in [3.8, 4) is 0 Å². The molecule has 2 rings (SSSR count). The molecule has 1 aromatic carbocycles. The Bertz CT molecular complexity index is 593. The van der Waals surface area contributed by atoms with Crippen molar-refractivity contribution < 1.29 is 9.36 Å². The van der Waals surface area contributed by atoms with Gasteiger partial charge in [-0.15, -0.1) is 0 Å². The molecule has 1 aliphatic rings. The summed E-state index contributed by atoms with van der Waals surface area (Å²) in [6.07, 6.45) is 0.325. The number of hydrogen-bond donors (Lipinski definition) is 0. The third kappa shape index (κ3) is 2.22. The summed E-state index contributed by atoms with van der Waals surface area (Å²) >= 11 is 0. The molecule has 4 heteroatoms. The number of hydrogen-bond acceptors (Lipinski definition) is 2. The van der Waals surface area contributed by atoms with E-state index in [1.54, 1.807) is 4.90 Å². The minimum Gasteiger partial charge on any atom is -0.316 e. The lowest BCUT2D eigenvalue weighted by Crippen LogP contribution is -2.38. The van der Waals surface area contributed by atoms with Gasteiger partial charge in [0.15, 0.2) is 0 Å². The summed E-state index contributed by atoms with van der Waals surface area (Å²) in [4.78, 5) is 14.4. The molecule has 0 saturated carbocycles. The van der Waals surface area contributed by atoms with Crippen LogP contribution in [-0.2, 0) is 9.36 Å². The fraction of sp³-hybridized carbons (Fsp3) is 0.562. The van der Waals surface area contributed by atoms with E-state index in [1.807, 2.05) is 65.8 Å². The predicted octanol–water partition coefficient (Wildman–Crippen LogP) is 3.82. The molecule has 0 radical (unpaired) electrons. The van der Waals surface area contributed by atoms with E-state index in [2.05, 4.69) is 0 Å². The first-order chi connectivity index (χ1) is 8.98. The molecular formula is C16H24NO2P. The lowest BCUT2D eigenvalue weighted by Gasteiger charge is -2.30. The predicted molar refractivity (Wildman–Crippen MR) is 85.2 cm³/mol. The summed E-state index contributed by atoms with van der Waals surface area (Å²) in [5, 5.41) is 0.515. The fourth-order valence-electron chi connectivity index (χ4n) is 2.50. The summed E-state index contributed by atoms with van der Waals surface area (Å²) < 4.78 is 13.5. The maximum absolute atomic E-state index is 13.5. The van der Waals surface area contributed by atoms with Gasteiger partial charge in [-0.1, -0.05) is 53.7 Å². The maximum Gasteiger partial charge on any atom is 0.232 e. The molecule has 1 heterocycles. The molecule has 3 nitrogen and oxygen atoms in total. The molecule has 0 aliphatic carbocycles. The Balaban J connectivity index is 2.59. The van der Waals surface area contributed by atoms with Gasteiger partial charge in [-0.3, -0.25) is 4.79 Å². The van der Waals surface area contributed by atoms with Crippen molar-refractivity contribution in [2.24, 2.45) is 5.41 Å². The molecule has 20 heavy (non-hydrogen) atoms. The zero-order valence-corrected chi connectivity index (χ0v) is 14.1. The Morgan fingerprint density at radius 2 is 1.65 bits per heavy atom. The first kappa shape index (κ1) is 15.3. The highest BCUT2D eigenvalue weighted by molar-refractivity contribution is 7.74. The van der Waals surface area contributed by atoms with E-state index >= 15 is 0 Å². The second kappa shape index (κ2) is 4.46. The Labute approximate surface area is 121 Å². The molecule has 1 aliphatic heterocycles. The first-order valence-electron chi connectivity index (χ1n) is 6.99. The van der Waals surface area contributed by atoms with Crippen molar-refractivity contribution in [3.63, 3.8) is 0 Å². The molecule has 110 valence electrons. The van der Waals surface area contributed by atoms with Gasteiger partial charge in [0.2, 0.25) is 5.91 Å². The highest BCUT2D eigenvalue weighted by atomic mass is 31.2. The quantitative estimate of drug-likeness (QED) is 0.682. The van der Waals surface area contributed by atoms with E-state index in [9.17, 15) is 9.36 Å². The number of carbonyl (C=O) groups excluding carboxylic acids is 1. The topological polar surface area (TPSA) is 37.4 Å². The Kier molecular flexibility index (Phi) is 3.41. The van der Waals surface area contributed by atoms with Crippen molar-refractivity contribution >= 4 is 24.0 Å². The van der Waals surface area contributed by atoms with Gasteiger partial charge < -0.3 is 9.46 Å². The number of benzene rings is 1. The SMILES string of the molecule is CC(C)(C)C(=O)N1CP(=O)(C(C)(C)C)c2ccccc21. The van der Waals surface area contributed by atoms with Crippen LogP contribution in [0.4, 0.5) is 5.69 Å². The van der Waals surface area contributed by atoms with E-state index in [0.29, 0.717) is 6.29 Å². The zero-order chi connectivity index (χ0) is 15.3. The lowest BCUT2D eigenvalue weighted by atomic mass is 9.95. The smallest absolute Gasteiger partial charge is 0.232 e. The number of amides is 1.